The standard InChI is InChI=1S/C13H12N2O/c16-13(9-11-1-5-14-6-2-11)10-12-3-7-15-8-4-12/h1-8H,9-10H2. The summed E-state index contributed by atoms with van der Waals surface area (Å²) in [6.07, 6.45) is 7.74. The number of nitrogens with zero attached hydrogens (tertiary/aromatic N) is 2. The summed E-state index contributed by atoms with van der Waals surface area (Å²) in [4.78, 5) is 19.6. The van der Waals surface area contributed by atoms with Crippen LogP contribution in [0.4, 0.5) is 0 Å². The first kappa shape index (κ1) is 10.5. The Labute approximate surface area is 94.2 Å². The fourth-order valence-corrected chi connectivity index (χ4v) is 1.52. The Kier molecular flexibility index (Phi) is 3.38. The van der Waals surface area contributed by atoms with E-state index in [0.717, 1.165) is 11.1 Å². The number of carbonyl (C=O) groups is 1. The van der Waals surface area contributed by atoms with E-state index in [0.29, 0.717) is 12.8 Å². The highest BCUT2D eigenvalue weighted by Crippen LogP contribution is 2.03. The molecule has 2 aromatic heterocycles. The predicted molar refractivity (Wildman–Crippen MR) is 60.9 cm³/mol. The molecule has 16 heavy (non-hydrogen) atoms. The average molecular weight is 212 g/mol. The van der Waals surface area contributed by atoms with E-state index in [2.05, 4.69) is 9.97 Å². The highest BCUT2D eigenvalue weighted by Gasteiger charge is 2.04. The lowest BCUT2D eigenvalue weighted by molar-refractivity contribution is -0.117. The minimum atomic E-state index is 0.206. The van der Waals surface area contributed by atoms with E-state index in [-0.39, 0.29) is 5.78 Å². The molecule has 0 saturated carbocycles. The molecule has 3 heteroatoms. The number of Topliss-reactive ketones (excluding diaryl/α,β-unsaturated/α-hetero) is 1. The summed E-state index contributed by atoms with van der Waals surface area (Å²) in [5.74, 6) is 0.206. The van der Waals surface area contributed by atoms with E-state index < -0.39 is 0 Å². The van der Waals surface area contributed by atoms with Crippen molar-refractivity contribution in [3.05, 3.63) is 60.2 Å². The van der Waals surface area contributed by atoms with Gasteiger partial charge < -0.3 is 0 Å². The molecule has 2 heterocycles. The van der Waals surface area contributed by atoms with Gasteiger partial charge in [-0.05, 0) is 35.4 Å². The van der Waals surface area contributed by atoms with E-state index >= 15 is 0 Å². The van der Waals surface area contributed by atoms with Crippen molar-refractivity contribution >= 4 is 5.78 Å². The first-order valence-electron chi connectivity index (χ1n) is 5.14. The van der Waals surface area contributed by atoms with Gasteiger partial charge in [0.15, 0.2) is 0 Å². The largest absolute Gasteiger partial charge is 0.299 e. The van der Waals surface area contributed by atoms with E-state index in [9.17, 15) is 4.79 Å². The number of pyridine rings is 2. The minimum Gasteiger partial charge on any atom is -0.299 e. The lowest BCUT2D eigenvalue weighted by Gasteiger charge is -2.00. The molecule has 80 valence electrons. The van der Waals surface area contributed by atoms with Crippen LogP contribution in [-0.4, -0.2) is 15.8 Å². The fraction of sp³-hybridized carbons (Fsp3) is 0.154. The van der Waals surface area contributed by atoms with Crippen LogP contribution in [0, 0.1) is 0 Å². The van der Waals surface area contributed by atoms with Crippen molar-refractivity contribution in [1.82, 2.24) is 9.97 Å². The summed E-state index contributed by atoms with van der Waals surface area (Å²) >= 11 is 0. The molecule has 0 saturated heterocycles. The molecule has 3 nitrogen and oxygen atoms in total. The highest BCUT2D eigenvalue weighted by atomic mass is 16.1. The summed E-state index contributed by atoms with van der Waals surface area (Å²) in [6, 6.07) is 7.46. The van der Waals surface area contributed by atoms with Gasteiger partial charge in [0.2, 0.25) is 0 Å². The van der Waals surface area contributed by atoms with E-state index in [1.165, 1.54) is 0 Å². The minimum absolute atomic E-state index is 0.206. The van der Waals surface area contributed by atoms with Crippen LogP contribution < -0.4 is 0 Å². The maximum absolute atomic E-state index is 11.7. The fourth-order valence-electron chi connectivity index (χ4n) is 1.52. The van der Waals surface area contributed by atoms with E-state index in [1.54, 1.807) is 24.8 Å². The molecule has 0 amide bonds. The molecule has 0 N–H and O–H groups in total. The van der Waals surface area contributed by atoms with Gasteiger partial charge in [0, 0.05) is 37.6 Å². The van der Waals surface area contributed by atoms with Gasteiger partial charge in [-0.3, -0.25) is 14.8 Å². The van der Waals surface area contributed by atoms with Crippen molar-refractivity contribution < 1.29 is 4.79 Å². The van der Waals surface area contributed by atoms with Gasteiger partial charge in [0.05, 0.1) is 0 Å². The third-order valence-electron chi connectivity index (χ3n) is 2.30. The summed E-state index contributed by atoms with van der Waals surface area (Å²) in [5.41, 5.74) is 2.02. The van der Waals surface area contributed by atoms with Gasteiger partial charge >= 0.3 is 0 Å². The molecule has 0 unspecified atom stereocenters. The van der Waals surface area contributed by atoms with Crippen LogP contribution >= 0.6 is 0 Å². The maximum Gasteiger partial charge on any atom is 0.141 e. The van der Waals surface area contributed by atoms with Crippen molar-refractivity contribution in [2.75, 3.05) is 0 Å². The number of rotatable bonds is 4. The Balaban J connectivity index is 1.95. The normalized spacial score (nSPS) is 10.0. The summed E-state index contributed by atoms with van der Waals surface area (Å²) in [6.45, 7) is 0. The first-order valence-corrected chi connectivity index (χ1v) is 5.14. The molecule has 0 atom stereocenters. The molecular formula is C13H12N2O. The van der Waals surface area contributed by atoms with Crippen LogP contribution in [0.2, 0.25) is 0 Å². The molecule has 2 rings (SSSR count). The maximum atomic E-state index is 11.7. The zero-order valence-electron chi connectivity index (χ0n) is 8.84. The van der Waals surface area contributed by atoms with E-state index in [4.69, 9.17) is 0 Å². The molecule has 0 aliphatic rings. The highest BCUT2D eigenvalue weighted by molar-refractivity contribution is 5.82. The summed E-state index contributed by atoms with van der Waals surface area (Å²) in [5, 5.41) is 0. The van der Waals surface area contributed by atoms with Crippen LogP contribution in [0.1, 0.15) is 11.1 Å². The second-order valence-corrected chi connectivity index (χ2v) is 3.60. The third-order valence-corrected chi connectivity index (χ3v) is 2.30. The molecule has 0 radical (unpaired) electrons. The second kappa shape index (κ2) is 5.16. The van der Waals surface area contributed by atoms with Gasteiger partial charge in [0.25, 0.3) is 0 Å². The average Bonchev–Trinajstić information content (AvgIpc) is 2.31. The van der Waals surface area contributed by atoms with Crippen LogP contribution in [0.3, 0.4) is 0 Å². The smallest absolute Gasteiger partial charge is 0.141 e. The second-order valence-electron chi connectivity index (χ2n) is 3.60. The monoisotopic (exact) mass is 212 g/mol. The molecule has 0 fully saturated rings. The van der Waals surface area contributed by atoms with Gasteiger partial charge in [-0.25, -0.2) is 0 Å². The number of hydrogen-bond donors (Lipinski definition) is 0. The predicted octanol–water partition coefficient (Wildman–Crippen LogP) is 1.83. The number of aromatic nitrogens is 2. The van der Waals surface area contributed by atoms with Crippen LogP contribution in [0.15, 0.2) is 49.1 Å². The Hall–Kier alpha value is -2.03. The molecule has 0 aromatic carbocycles. The Morgan fingerprint density at radius 2 is 1.19 bits per heavy atom. The lowest BCUT2D eigenvalue weighted by Crippen LogP contribution is -2.06. The first-order chi connectivity index (χ1) is 7.84. The Bertz CT molecular complexity index is 410. The zero-order chi connectivity index (χ0) is 11.2. The summed E-state index contributed by atoms with van der Waals surface area (Å²) < 4.78 is 0. The van der Waals surface area contributed by atoms with Crippen molar-refractivity contribution in [2.24, 2.45) is 0 Å². The third kappa shape index (κ3) is 2.98. The van der Waals surface area contributed by atoms with Crippen molar-refractivity contribution in [1.29, 1.82) is 0 Å². The molecule has 2 aromatic rings. The molecule has 0 aliphatic carbocycles. The molecule has 0 spiro atoms. The zero-order valence-corrected chi connectivity index (χ0v) is 8.84. The number of hydrogen-bond acceptors (Lipinski definition) is 3. The summed E-state index contributed by atoms with van der Waals surface area (Å²) in [7, 11) is 0. The van der Waals surface area contributed by atoms with Gasteiger partial charge in [-0.1, -0.05) is 0 Å². The van der Waals surface area contributed by atoms with E-state index in [1.807, 2.05) is 24.3 Å². The molecule has 0 aliphatic heterocycles. The van der Waals surface area contributed by atoms with Gasteiger partial charge in [-0.15, -0.1) is 0 Å². The molecular weight excluding hydrogens is 200 g/mol. The van der Waals surface area contributed by atoms with Gasteiger partial charge in [0.1, 0.15) is 5.78 Å². The topological polar surface area (TPSA) is 42.9 Å². The van der Waals surface area contributed by atoms with Crippen LogP contribution in [0.25, 0.3) is 0 Å². The van der Waals surface area contributed by atoms with Crippen molar-refractivity contribution in [3.8, 4) is 0 Å². The Morgan fingerprint density at radius 3 is 1.56 bits per heavy atom. The van der Waals surface area contributed by atoms with Crippen molar-refractivity contribution in [3.63, 3.8) is 0 Å². The quantitative estimate of drug-likeness (QED) is 0.776. The molecule has 0 bridgehead atoms. The van der Waals surface area contributed by atoms with Crippen LogP contribution in [-0.2, 0) is 17.6 Å². The van der Waals surface area contributed by atoms with Gasteiger partial charge in [-0.2, -0.15) is 0 Å². The van der Waals surface area contributed by atoms with Crippen molar-refractivity contribution in [2.45, 2.75) is 12.8 Å². The van der Waals surface area contributed by atoms with Crippen LogP contribution in [0.5, 0.6) is 0 Å². The SMILES string of the molecule is O=C(Cc1ccncc1)Cc1ccncc1. The number of ketones is 1. The Morgan fingerprint density at radius 1 is 0.812 bits per heavy atom. The lowest BCUT2D eigenvalue weighted by atomic mass is 10.0. The number of carbonyl (C=O) groups excluding carboxylic acids is 1.